The van der Waals surface area contributed by atoms with Gasteiger partial charge in [-0.25, -0.2) is 9.78 Å². The van der Waals surface area contributed by atoms with Gasteiger partial charge in [0.25, 0.3) is 0 Å². The number of carbonyl (C=O) groups excluding carboxylic acids is 1. The number of piperidine rings is 1. The quantitative estimate of drug-likeness (QED) is 0.873. The Morgan fingerprint density at radius 1 is 1.38 bits per heavy atom. The average molecular weight is 292 g/mol. The van der Waals surface area contributed by atoms with E-state index in [1.54, 1.807) is 6.07 Å². The highest BCUT2D eigenvalue weighted by atomic mass is 16.6. The molecular weight excluding hydrogens is 268 g/mol. The van der Waals surface area contributed by atoms with Crippen LogP contribution < -0.4 is 16.0 Å². The Morgan fingerprint density at radius 3 is 2.62 bits per heavy atom. The van der Waals surface area contributed by atoms with Crippen molar-refractivity contribution in [3.05, 3.63) is 18.2 Å². The third kappa shape index (κ3) is 4.81. The molecule has 1 saturated heterocycles. The fourth-order valence-corrected chi connectivity index (χ4v) is 2.34. The molecule has 21 heavy (non-hydrogen) atoms. The molecule has 0 atom stereocenters. The first-order chi connectivity index (χ1) is 9.83. The molecule has 0 saturated carbocycles. The topological polar surface area (TPSA) is 80.5 Å². The van der Waals surface area contributed by atoms with Gasteiger partial charge < -0.3 is 20.7 Å². The van der Waals surface area contributed by atoms with Crippen LogP contribution in [0.1, 0.15) is 33.6 Å². The zero-order valence-electron chi connectivity index (χ0n) is 12.9. The Morgan fingerprint density at radius 2 is 2.05 bits per heavy atom. The third-order valence-electron chi connectivity index (χ3n) is 3.30. The van der Waals surface area contributed by atoms with Gasteiger partial charge >= 0.3 is 6.09 Å². The van der Waals surface area contributed by atoms with Gasteiger partial charge in [0.1, 0.15) is 17.2 Å². The molecule has 116 valence electrons. The molecule has 0 aromatic carbocycles. The fraction of sp³-hybridized carbons (Fsp3) is 0.600. The van der Waals surface area contributed by atoms with Crippen molar-refractivity contribution in [1.82, 2.24) is 10.3 Å². The van der Waals surface area contributed by atoms with E-state index in [2.05, 4.69) is 15.2 Å². The Hall–Kier alpha value is -1.98. The lowest BCUT2D eigenvalue weighted by atomic mass is 10.1. The number of aromatic nitrogens is 1. The first-order valence-electron chi connectivity index (χ1n) is 7.30. The zero-order valence-corrected chi connectivity index (χ0v) is 12.9. The maximum absolute atomic E-state index is 11.7. The molecule has 0 aliphatic carbocycles. The first kappa shape index (κ1) is 15.4. The van der Waals surface area contributed by atoms with E-state index in [1.165, 1.54) is 0 Å². The Labute approximate surface area is 125 Å². The van der Waals surface area contributed by atoms with Gasteiger partial charge in [0, 0.05) is 19.1 Å². The normalized spacial score (nSPS) is 16.6. The van der Waals surface area contributed by atoms with E-state index in [-0.39, 0.29) is 12.1 Å². The summed E-state index contributed by atoms with van der Waals surface area (Å²) in [6.07, 6.45) is 1.40. The first-order valence-corrected chi connectivity index (χ1v) is 7.30. The third-order valence-corrected chi connectivity index (χ3v) is 3.30. The van der Waals surface area contributed by atoms with Crippen molar-refractivity contribution >= 4 is 17.7 Å². The van der Waals surface area contributed by atoms with E-state index in [0.717, 1.165) is 31.7 Å². The summed E-state index contributed by atoms with van der Waals surface area (Å²) in [5.74, 6) is 1.42. The predicted octanol–water partition coefficient (Wildman–Crippen LogP) is 2.16. The van der Waals surface area contributed by atoms with E-state index in [0.29, 0.717) is 5.82 Å². The van der Waals surface area contributed by atoms with Crippen LogP contribution in [0, 0.1) is 0 Å². The van der Waals surface area contributed by atoms with Crippen LogP contribution in [0.25, 0.3) is 0 Å². The number of nitrogens with two attached hydrogens (primary N) is 1. The van der Waals surface area contributed by atoms with E-state index < -0.39 is 5.60 Å². The molecule has 0 spiro atoms. The molecule has 1 amide bonds. The molecule has 0 bridgehead atoms. The fourth-order valence-electron chi connectivity index (χ4n) is 2.34. The van der Waals surface area contributed by atoms with Crippen LogP contribution in [-0.2, 0) is 4.74 Å². The number of nitrogens with one attached hydrogen (secondary N) is 1. The number of anilines is 2. The lowest BCUT2D eigenvalue weighted by Crippen LogP contribution is -2.46. The number of alkyl carbamates (subject to hydrolysis) is 1. The molecule has 2 rings (SSSR count). The summed E-state index contributed by atoms with van der Waals surface area (Å²) in [5, 5.41) is 2.93. The van der Waals surface area contributed by atoms with E-state index >= 15 is 0 Å². The molecule has 1 aromatic rings. The van der Waals surface area contributed by atoms with E-state index in [9.17, 15) is 4.79 Å². The molecule has 1 aliphatic heterocycles. The Balaban J connectivity index is 1.82. The second kappa shape index (κ2) is 6.20. The van der Waals surface area contributed by atoms with Crippen LogP contribution in [0.4, 0.5) is 16.4 Å². The summed E-state index contributed by atoms with van der Waals surface area (Å²) >= 11 is 0. The van der Waals surface area contributed by atoms with Crippen LogP contribution in [0.15, 0.2) is 18.2 Å². The average Bonchev–Trinajstić information content (AvgIpc) is 2.37. The molecule has 6 heteroatoms. The van der Waals surface area contributed by atoms with Crippen LogP contribution in [-0.4, -0.2) is 35.8 Å². The smallest absolute Gasteiger partial charge is 0.407 e. The van der Waals surface area contributed by atoms with Gasteiger partial charge in [0.2, 0.25) is 0 Å². The van der Waals surface area contributed by atoms with Crippen molar-refractivity contribution in [2.45, 2.75) is 45.3 Å². The SMILES string of the molecule is CC(C)(C)OC(=O)NC1CCN(c2cccc(N)n2)CC1. The minimum Gasteiger partial charge on any atom is -0.444 e. The second-order valence-electron chi connectivity index (χ2n) is 6.33. The number of hydrogen-bond donors (Lipinski definition) is 2. The second-order valence-corrected chi connectivity index (χ2v) is 6.33. The number of rotatable bonds is 2. The van der Waals surface area contributed by atoms with Gasteiger partial charge in [-0.15, -0.1) is 0 Å². The van der Waals surface area contributed by atoms with Crippen LogP contribution in [0.3, 0.4) is 0 Å². The molecule has 0 radical (unpaired) electrons. The number of carbonyl (C=O) groups is 1. The maximum atomic E-state index is 11.7. The highest BCUT2D eigenvalue weighted by Gasteiger charge is 2.24. The summed E-state index contributed by atoms with van der Waals surface area (Å²) in [6.45, 7) is 7.27. The maximum Gasteiger partial charge on any atom is 0.407 e. The van der Waals surface area contributed by atoms with Gasteiger partial charge in [-0.2, -0.15) is 0 Å². The Kier molecular flexibility index (Phi) is 4.55. The molecule has 2 heterocycles. The largest absolute Gasteiger partial charge is 0.444 e. The molecule has 1 aromatic heterocycles. The minimum absolute atomic E-state index is 0.150. The number of nitrogens with zero attached hydrogens (tertiary/aromatic N) is 2. The lowest BCUT2D eigenvalue weighted by Gasteiger charge is -2.33. The van der Waals surface area contributed by atoms with Crippen molar-refractivity contribution < 1.29 is 9.53 Å². The number of amides is 1. The van der Waals surface area contributed by atoms with Crippen LogP contribution in [0.5, 0.6) is 0 Å². The monoisotopic (exact) mass is 292 g/mol. The number of pyridine rings is 1. The van der Waals surface area contributed by atoms with E-state index in [4.69, 9.17) is 10.5 Å². The molecule has 1 aliphatic rings. The van der Waals surface area contributed by atoms with Gasteiger partial charge in [-0.3, -0.25) is 0 Å². The van der Waals surface area contributed by atoms with Crippen molar-refractivity contribution in [3.8, 4) is 0 Å². The number of nitrogen functional groups attached to an aromatic ring is 1. The highest BCUT2D eigenvalue weighted by molar-refractivity contribution is 5.68. The Bertz CT molecular complexity index is 491. The summed E-state index contributed by atoms with van der Waals surface area (Å²) < 4.78 is 5.28. The minimum atomic E-state index is -0.462. The molecule has 1 fully saturated rings. The van der Waals surface area contributed by atoms with Crippen molar-refractivity contribution in [2.75, 3.05) is 23.7 Å². The lowest BCUT2D eigenvalue weighted by molar-refractivity contribution is 0.0497. The molecule has 3 N–H and O–H groups in total. The highest BCUT2D eigenvalue weighted by Crippen LogP contribution is 2.19. The predicted molar refractivity (Wildman–Crippen MR) is 83.3 cm³/mol. The van der Waals surface area contributed by atoms with Crippen molar-refractivity contribution in [3.63, 3.8) is 0 Å². The van der Waals surface area contributed by atoms with Gasteiger partial charge in [-0.05, 0) is 45.7 Å². The van der Waals surface area contributed by atoms with Gasteiger partial charge in [0.15, 0.2) is 0 Å². The van der Waals surface area contributed by atoms with Gasteiger partial charge in [-0.1, -0.05) is 6.07 Å². The molecule has 0 unspecified atom stereocenters. The van der Waals surface area contributed by atoms with Crippen molar-refractivity contribution in [1.29, 1.82) is 0 Å². The summed E-state index contributed by atoms with van der Waals surface area (Å²) in [7, 11) is 0. The molecular formula is C15H24N4O2. The summed E-state index contributed by atoms with van der Waals surface area (Å²) in [4.78, 5) is 18.3. The van der Waals surface area contributed by atoms with Gasteiger partial charge in [0.05, 0.1) is 0 Å². The number of hydrogen-bond acceptors (Lipinski definition) is 5. The van der Waals surface area contributed by atoms with Crippen LogP contribution in [0.2, 0.25) is 0 Å². The standard InChI is InChI=1S/C15H24N4O2/c1-15(2,3)21-14(20)17-11-7-9-19(10-8-11)13-6-4-5-12(16)18-13/h4-6,11H,7-10H2,1-3H3,(H2,16,18)(H,17,20). The van der Waals surface area contributed by atoms with Crippen LogP contribution >= 0.6 is 0 Å². The zero-order chi connectivity index (χ0) is 15.5. The summed E-state index contributed by atoms with van der Waals surface area (Å²) in [5.41, 5.74) is 5.24. The number of ether oxygens (including phenoxy) is 1. The summed E-state index contributed by atoms with van der Waals surface area (Å²) in [6, 6.07) is 5.79. The molecule has 6 nitrogen and oxygen atoms in total. The van der Waals surface area contributed by atoms with Crippen molar-refractivity contribution in [2.24, 2.45) is 0 Å². The van der Waals surface area contributed by atoms with E-state index in [1.807, 2.05) is 32.9 Å².